The summed E-state index contributed by atoms with van der Waals surface area (Å²) >= 11 is 0. The van der Waals surface area contributed by atoms with E-state index in [9.17, 15) is 14.4 Å². The van der Waals surface area contributed by atoms with Crippen LogP contribution in [0.2, 0.25) is 0 Å². The van der Waals surface area contributed by atoms with Crippen molar-refractivity contribution in [2.24, 2.45) is 23.5 Å². The van der Waals surface area contributed by atoms with Crippen LogP contribution in [-0.2, 0) is 22.7 Å². The molecule has 7 nitrogen and oxygen atoms in total. The average Bonchev–Trinajstić information content (AvgIpc) is 3.15. The lowest BCUT2D eigenvalue weighted by atomic mass is 9.85. The van der Waals surface area contributed by atoms with Gasteiger partial charge >= 0.3 is 0 Å². The number of imide groups is 1. The second-order valence-corrected chi connectivity index (χ2v) is 9.08. The number of carbonyl (C=O) groups excluding carboxylic acids is 3. The van der Waals surface area contributed by atoms with Crippen molar-refractivity contribution in [1.82, 2.24) is 15.1 Å². The Labute approximate surface area is 170 Å². The molecule has 1 aromatic rings. The van der Waals surface area contributed by atoms with Gasteiger partial charge in [0.15, 0.2) is 0 Å². The van der Waals surface area contributed by atoms with Gasteiger partial charge in [-0.3, -0.25) is 24.6 Å². The van der Waals surface area contributed by atoms with E-state index < -0.39 is 6.04 Å². The molecule has 3 fully saturated rings. The number of piperidine rings is 2. The molecule has 1 aliphatic carbocycles. The number of benzene rings is 1. The highest BCUT2D eigenvalue weighted by Gasteiger charge is 2.41. The first-order chi connectivity index (χ1) is 14.0. The monoisotopic (exact) mass is 396 g/mol. The number of rotatable bonds is 4. The lowest BCUT2D eigenvalue weighted by Gasteiger charge is -2.37. The summed E-state index contributed by atoms with van der Waals surface area (Å²) in [7, 11) is 0. The Balaban J connectivity index is 1.28. The van der Waals surface area contributed by atoms with Crippen LogP contribution in [0.1, 0.15) is 47.2 Å². The molecule has 3 atom stereocenters. The molecule has 29 heavy (non-hydrogen) atoms. The minimum Gasteiger partial charge on any atom is -0.330 e. The van der Waals surface area contributed by atoms with Crippen molar-refractivity contribution in [3.63, 3.8) is 0 Å². The van der Waals surface area contributed by atoms with E-state index in [0.717, 1.165) is 37.3 Å². The molecule has 7 heteroatoms. The zero-order valence-corrected chi connectivity index (χ0v) is 16.6. The molecule has 2 saturated heterocycles. The maximum Gasteiger partial charge on any atom is 0.255 e. The average molecular weight is 396 g/mol. The van der Waals surface area contributed by atoms with Gasteiger partial charge in [-0.1, -0.05) is 12.1 Å². The van der Waals surface area contributed by atoms with Crippen LogP contribution in [0, 0.1) is 17.8 Å². The van der Waals surface area contributed by atoms with E-state index in [1.54, 1.807) is 4.90 Å². The molecule has 3 unspecified atom stereocenters. The fourth-order valence-corrected chi connectivity index (χ4v) is 5.90. The number of fused-ring (bicyclic) bond motifs is 3. The van der Waals surface area contributed by atoms with Gasteiger partial charge in [0.25, 0.3) is 5.91 Å². The molecular formula is C22H28N4O3. The van der Waals surface area contributed by atoms with Crippen molar-refractivity contribution in [2.45, 2.75) is 44.8 Å². The molecule has 154 valence electrons. The number of nitrogens with two attached hydrogens (primary N) is 1. The summed E-state index contributed by atoms with van der Waals surface area (Å²) in [5, 5.41) is 2.35. The Morgan fingerprint density at radius 3 is 2.52 bits per heavy atom. The van der Waals surface area contributed by atoms with Gasteiger partial charge in [0.05, 0.1) is 0 Å². The summed E-state index contributed by atoms with van der Waals surface area (Å²) in [6, 6.07) is 5.58. The third-order valence-corrected chi connectivity index (χ3v) is 7.38. The maximum absolute atomic E-state index is 13.0. The van der Waals surface area contributed by atoms with Crippen LogP contribution in [0.25, 0.3) is 0 Å². The first-order valence-electron chi connectivity index (χ1n) is 10.7. The fraction of sp³-hybridized carbons (Fsp3) is 0.591. The number of carbonyl (C=O) groups is 3. The number of hydrogen-bond acceptors (Lipinski definition) is 5. The van der Waals surface area contributed by atoms with Crippen molar-refractivity contribution < 1.29 is 14.4 Å². The summed E-state index contributed by atoms with van der Waals surface area (Å²) < 4.78 is 0. The quantitative estimate of drug-likeness (QED) is 0.736. The minimum absolute atomic E-state index is 0.0988. The highest BCUT2D eigenvalue weighted by Crippen LogP contribution is 2.41. The van der Waals surface area contributed by atoms with Crippen LogP contribution in [0.4, 0.5) is 0 Å². The van der Waals surface area contributed by atoms with E-state index >= 15 is 0 Å². The maximum atomic E-state index is 13.0. The number of nitrogens with one attached hydrogen (secondary N) is 1. The predicted octanol–water partition coefficient (Wildman–Crippen LogP) is 0.864. The van der Waals surface area contributed by atoms with Crippen LogP contribution >= 0.6 is 0 Å². The normalized spacial score (nSPS) is 31.9. The molecular weight excluding hydrogens is 368 g/mol. The van der Waals surface area contributed by atoms with Crippen molar-refractivity contribution in [1.29, 1.82) is 0 Å². The molecule has 0 radical (unpaired) electrons. The van der Waals surface area contributed by atoms with Gasteiger partial charge in [-0.15, -0.1) is 0 Å². The third-order valence-electron chi connectivity index (χ3n) is 7.38. The number of nitrogens with zero attached hydrogens (tertiary/aromatic N) is 2. The van der Waals surface area contributed by atoms with E-state index in [-0.39, 0.29) is 24.1 Å². The van der Waals surface area contributed by atoms with Crippen LogP contribution in [-0.4, -0.2) is 53.2 Å². The standard InChI is InChI=1S/C22H28N4O3/c23-8-18-14-3-4-15(18)11-25(10-14)9-13-1-2-16-12-26(22(29)17(16)7-13)19-5-6-20(27)24-21(19)28/h1-2,7,14-15,18-19H,3-6,8-12,23H2,(H,24,27,28). The molecule has 3 amide bonds. The van der Waals surface area contributed by atoms with E-state index in [2.05, 4.69) is 16.3 Å². The van der Waals surface area contributed by atoms with Crippen LogP contribution in [0.5, 0.6) is 0 Å². The van der Waals surface area contributed by atoms with Crippen molar-refractivity contribution in [3.8, 4) is 0 Å². The van der Waals surface area contributed by atoms with Crippen LogP contribution < -0.4 is 11.1 Å². The topological polar surface area (TPSA) is 95.7 Å². The van der Waals surface area contributed by atoms with Crippen LogP contribution in [0.15, 0.2) is 18.2 Å². The summed E-state index contributed by atoms with van der Waals surface area (Å²) in [4.78, 5) is 40.7. The molecule has 0 aromatic heterocycles. The lowest BCUT2D eigenvalue weighted by Crippen LogP contribution is -2.52. The summed E-state index contributed by atoms with van der Waals surface area (Å²) in [6.07, 6.45) is 3.25. The van der Waals surface area contributed by atoms with Gasteiger partial charge in [-0.05, 0) is 60.8 Å². The van der Waals surface area contributed by atoms with Gasteiger partial charge in [0.1, 0.15) is 6.04 Å². The predicted molar refractivity (Wildman–Crippen MR) is 107 cm³/mol. The fourth-order valence-electron chi connectivity index (χ4n) is 5.90. The molecule has 4 aliphatic rings. The molecule has 1 aromatic carbocycles. The highest BCUT2D eigenvalue weighted by atomic mass is 16.2. The second kappa shape index (κ2) is 7.22. The van der Waals surface area contributed by atoms with Crippen molar-refractivity contribution in [2.75, 3.05) is 19.6 Å². The Kier molecular flexibility index (Phi) is 4.67. The van der Waals surface area contributed by atoms with Gasteiger partial charge in [-0.2, -0.15) is 0 Å². The molecule has 1 saturated carbocycles. The van der Waals surface area contributed by atoms with E-state index in [1.807, 2.05) is 12.1 Å². The Morgan fingerprint density at radius 1 is 1.07 bits per heavy atom. The number of amides is 3. The smallest absolute Gasteiger partial charge is 0.255 e. The highest BCUT2D eigenvalue weighted by molar-refractivity contribution is 6.05. The van der Waals surface area contributed by atoms with Crippen molar-refractivity contribution >= 4 is 17.7 Å². The zero-order valence-electron chi connectivity index (χ0n) is 16.6. The Hall–Kier alpha value is -2.25. The molecule has 5 rings (SSSR count). The van der Waals surface area contributed by atoms with E-state index in [0.29, 0.717) is 36.3 Å². The Bertz CT molecular complexity index is 856. The Morgan fingerprint density at radius 2 is 1.83 bits per heavy atom. The van der Waals surface area contributed by atoms with Gasteiger partial charge < -0.3 is 10.6 Å². The summed E-state index contributed by atoms with van der Waals surface area (Å²) in [5.41, 5.74) is 8.79. The number of likely N-dealkylation sites (tertiary alicyclic amines) is 1. The molecule has 3 N–H and O–H groups in total. The molecule has 2 bridgehead atoms. The lowest BCUT2D eigenvalue weighted by molar-refractivity contribution is -0.136. The van der Waals surface area contributed by atoms with Gasteiger partial charge in [0.2, 0.25) is 11.8 Å². The third kappa shape index (κ3) is 3.26. The van der Waals surface area contributed by atoms with Crippen LogP contribution in [0.3, 0.4) is 0 Å². The first kappa shape index (κ1) is 18.8. The molecule has 0 spiro atoms. The molecule has 3 aliphatic heterocycles. The second-order valence-electron chi connectivity index (χ2n) is 9.08. The first-order valence-corrected chi connectivity index (χ1v) is 10.7. The molecule has 3 heterocycles. The van der Waals surface area contributed by atoms with Gasteiger partial charge in [0, 0.05) is 38.2 Å². The zero-order chi connectivity index (χ0) is 20.1. The van der Waals surface area contributed by atoms with E-state index in [4.69, 9.17) is 5.73 Å². The largest absolute Gasteiger partial charge is 0.330 e. The SMILES string of the molecule is NCC1C2CCC1CN(Cc1ccc3c(c1)C(=O)N(C1CCC(=O)NC1=O)C3)C2. The summed E-state index contributed by atoms with van der Waals surface area (Å²) in [5.74, 6) is 1.37. The van der Waals surface area contributed by atoms with E-state index in [1.165, 1.54) is 12.8 Å². The van der Waals surface area contributed by atoms with Gasteiger partial charge in [-0.25, -0.2) is 0 Å². The van der Waals surface area contributed by atoms with Crippen molar-refractivity contribution in [3.05, 3.63) is 34.9 Å². The minimum atomic E-state index is -0.554. The summed E-state index contributed by atoms with van der Waals surface area (Å²) in [6.45, 7) is 4.26. The number of hydrogen-bond donors (Lipinski definition) is 2.